The Morgan fingerprint density at radius 2 is 1.78 bits per heavy atom. The van der Waals surface area contributed by atoms with Crippen molar-refractivity contribution in [1.29, 1.82) is 0 Å². The Morgan fingerprint density at radius 1 is 1.04 bits per heavy atom. The molecule has 1 N–H and O–H groups in total. The molecule has 8 heteroatoms. The Labute approximate surface area is 268 Å². The summed E-state index contributed by atoms with van der Waals surface area (Å²) in [5, 5.41) is 7.10. The molecule has 1 heterocycles. The minimum Gasteiger partial charge on any atom is -0.496 e. The van der Waals surface area contributed by atoms with Crippen LogP contribution >= 0.6 is 0 Å². The lowest BCUT2D eigenvalue weighted by Crippen LogP contribution is -2.45. The van der Waals surface area contributed by atoms with Crippen LogP contribution in [-0.2, 0) is 9.53 Å². The molecular weight excluding hydrogens is 564 g/mol. The number of benzene rings is 2. The van der Waals surface area contributed by atoms with Gasteiger partial charge in [-0.3, -0.25) is 9.48 Å². The number of carbonyl (C=O) groups is 2. The number of amides is 2. The van der Waals surface area contributed by atoms with Crippen LogP contribution in [0.5, 0.6) is 5.75 Å². The Morgan fingerprint density at radius 3 is 2.40 bits per heavy atom. The Balaban J connectivity index is 1.33. The second kappa shape index (κ2) is 14.1. The molecule has 0 aliphatic heterocycles. The van der Waals surface area contributed by atoms with Crippen LogP contribution in [0.25, 0.3) is 11.1 Å². The van der Waals surface area contributed by atoms with Gasteiger partial charge in [-0.1, -0.05) is 24.3 Å². The van der Waals surface area contributed by atoms with E-state index in [0.29, 0.717) is 44.1 Å². The minimum atomic E-state index is -0.545. The second-order valence-electron chi connectivity index (χ2n) is 13.6. The van der Waals surface area contributed by atoms with Gasteiger partial charge in [0.05, 0.1) is 13.3 Å². The van der Waals surface area contributed by atoms with Crippen molar-refractivity contribution < 1.29 is 19.1 Å². The van der Waals surface area contributed by atoms with Crippen molar-refractivity contribution in [2.24, 2.45) is 11.8 Å². The van der Waals surface area contributed by atoms with E-state index in [1.54, 1.807) is 14.2 Å². The van der Waals surface area contributed by atoms with Gasteiger partial charge in [0.15, 0.2) is 0 Å². The maximum atomic E-state index is 14.4. The van der Waals surface area contributed by atoms with E-state index in [4.69, 9.17) is 9.47 Å². The number of hydrogen-bond acceptors (Lipinski definition) is 5. The quantitative estimate of drug-likeness (QED) is 0.264. The first-order chi connectivity index (χ1) is 21.6. The standard InChI is InChI=1S/C37H50N4O4/c1-25(2)41-24-32(22-39-41)30-8-7-9-33(21-30)40(35(42)29-16-18-37(4,19-17-29)45-36(43)38-5)23-27-10-12-28(13-11-27)31-14-15-34(44-6)26(3)20-31/h7-9,14-15,20-22,24-25,27-29H,10-13,16-19,23H2,1-6H3,(H,38,43)/t27-,28-,29-,37+. The number of aromatic nitrogens is 2. The summed E-state index contributed by atoms with van der Waals surface area (Å²) >= 11 is 0. The molecule has 2 aromatic carbocycles. The Hall–Kier alpha value is -3.81. The van der Waals surface area contributed by atoms with Crippen molar-refractivity contribution in [1.82, 2.24) is 15.1 Å². The molecule has 0 saturated heterocycles. The van der Waals surface area contributed by atoms with Gasteiger partial charge < -0.3 is 19.7 Å². The summed E-state index contributed by atoms with van der Waals surface area (Å²) in [6.07, 6.45) is 10.7. The highest BCUT2D eigenvalue weighted by Crippen LogP contribution is 2.40. The summed E-state index contributed by atoms with van der Waals surface area (Å²) in [5.41, 5.74) is 5.07. The third kappa shape index (κ3) is 7.71. The van der Waals surface area contributed by atoms with E-state index in [2.05, 4.69) is 84.7 Å². The van der Waals surface area contributed by atoms with Crippen molar-refractivity contribution in [3.05, 3.63) is 66.0 Å². The van der Waals surface area contributed by atoms with E-state index in [9.17, 15) is 9.59 Å². The van der Waals surface area contributed by atoms with Gasteiger partial charge in [-0.25, -0.2) is 4.79 Å². The number of rotatable bonds is 9. The average molecular weight is 615 g/mol. The van der Waals surface area contributed by atoms with Crippen LogP contribution in [0.2, 0.25) is 0 Å². The van der Waals surface area contributed by atoms with Crippen LogP contribution in [-0.4, -0.2) is 48.1 Å². The highest BCUT2D eigenvalue weighted by atomic mass is 16.6. The number of carbonyl (C=O) groups excluding carboxylic acids is 2. The van der Waals surface area contributed by atoms with Crippen LogP contribution in [0.4, 0.5) is 10.5 Å². The smallest absolute Gasteiger partial charge is 0.407 e. The fourth-order valence-corrected chi connectivity index (χ4v) is 7.11. The molecule has 0 bridgehead atoms. The first-order valence-electron chi connectivity index (χ1n) is 16.6. The number of methoxy groups -OCH3 is 1. The predicted octanol–water partition coefficient (Wildman–Crippen LogP) is 8.06. The second-order valence-corrected chi connectivity index (χ2v) is 13.6. The zero-order valence-electron chi connectivity index (χ0n) is 27.8. The molecule has 0 unspecified atom stereocenters. The molecule has 2 amide bonds. The molecule has 1 aromatic heterocycles. The van der Waals surface area contributed by atoms with Gasteiger partial charge >= 0.3 is 6.09 Å². The van der Waals surface area contributed by atoms with Gasteiger partial charge in [-0.15, -0.1) is 0 Å². The maximum absolute atomic E-state index is 14.4. The van der Waals surface area contributed by atoms with Gasteiger partial charge in [0.2, 0.25) is 5.91 Å². The van der Waals surface area contributed by atoms with Gasteiger partial charge in [0, 0.05) is 43.0 Å². The molecule has 0 atom stereocenters. The number of nitrogens with one attached hydrogen (secondary N) is 1. The average Bonchev–Trinajstić information content (AvgIpc) is 3.55. The molecule has 5 rings (SSSR count). The van der Waals surface area contributed by atoms with Crippen LogP contribution in [0.15, 0.2) is 54.9 Å². The molecular formula is C37H50N4O4. The summed E-state index contributed by atoms with van der Waals surface area (Å²) in [6.45, 7) is 9.03. The van der Waals surface area contributed by atoms with E-state index in [1.807, 2.05) is 17.8 Å². The molecule has 3 aromatic rings. The number of hydrogen-bond donors (Lipinski definition) is 1. The Kier molecular flexibility index (Phi) is 10.2. The lowest BCUT2D eigenvalue weighted by atomic mass is 9.77. The van der Waals surface area contributed by atoms with Crippen molar-refractivity contribution in [3.8, 4) is 16.9 Å². The first kappa shape index (κ1) is 32.6. The lowest BCUT2D eigenvalue weighted by molar-refractivity contribution is -0.125. The maximum Gasteiger partial charge on any atom is 0.407 e. The van der Waals surface area contributed by atoms with Gasteiger partial charge in [0.25, 0.3) is 0 Å². The topological polar surface area (TPSA) is 85.7 Å². The molecule has 0 radical (unpaired) electrons. The summed E-state index contributed by atoms with van der Waals surface area (Å²) in [5.74, 6) is 1.98. The fourth-order valence-electron chi connectivity index (χ4n) is 7.11. The third-order valence-electron chi connectivity index (χ3n) is 10.0. The molecule has 2 saturated carbocycles. The monoisotopic (exact) mass is 614 g/mol. The van der Waals surface area contributed by atoms with Crippen LogP contribution in [0, 0.1) is 18.8 Å². The third-order valence-corrected chi connectivity index (χ3v) is 10.0. The van der Waals surface area contributed by atoms with Gasteiger partial charge in [-0.05, 0) is 126 Å². The molecule has 45 heavy (non-hydrogen) atoms. The largest absolute Gasteiger partial charge is 0.496 e. The zero-order valence-corrected chi connectivity index (χ0v) is 27.8. The summed E-state index contributed by atoms with van der Waals surface area (Å²) < 4.78 is 13.1. The first-order valence-corrected chi connectivity index (χ1v) is 16.6. The van der Waals surface area contributed by atoms with Crippen molar-refractivity contribution >= 4 is 17.7 Å². The molecule has 2 aliphatic rings. The Bertz CT molecular complexity index is 1460. The van der Waals surface area contributed by atoms with Crippen molar-refractivity contribution in [2.45, 2.75) is 96.6 Å². The van der Waals surface area contributed by atoms with E-state index in [1.165, 1.54) is 11.1 Å². The molecule has 8 nitrogen and oxygen atoms in total. The molecule has 2 fully saturated rings. The number of ether oxygens (including phenoxy) is 2. The highest BCUT2D eigenvalue weighted by molar-refractivity contribution is 5.95. The number of anilines is 1. The zero-order chi connectivity index (χ0) is 32.1. The lowest BCUT2D eigenvalue weighted by Gasteiger charge is -2.39. The van der Waals surface area contributed by atoms with Crippen molar-refractivity contribution in [3.63, 3.8) is 0 Å². The number of alkyl carbamates (subject to hydrolysis) is 1. The highest BCUT2D eigenvalue weighted by Gasteiger charge is 2.39. The number of nitrogens with zero attached hydrogens (tertiary/aromatic N) is 3. The minimum absolute atomic E-state index is 0.0997. The molecule has 242 valence electrons. The van der Waals surface area contributed by atoms with Gasteiger partial charge in [0.1, 0.15) is 11.4 Å². The number of aryl methyl sites for hydroxylation is 1. The molecule has 0 spiro atoms. The normalized spacial score (nSPS) is 23.4. The summed E-state index contributed by atoms with van der Waals surface area (Å²) in [7, 11) is 3.30. The SMILES string of the molecule is CNC(=O)O[C@]1(C)CC[C@H](C(=O)N(C[C@H]2CC[C@H](c3ccc(OC)c(C)c3)CC2)c2cccc(-c3cnn(C(C)C)c3)c2)CC1. The fraction of sp³-hybridized carbons (Fsp3) is 0.541. The van der Waals surface area contributed by atoms with Crippen LogP contribution in [0.1, 0.15) is 95.2 Å². The van der Waals surface area contributed by atoms with Gasteiger partial charge in [-0.2, -0.15) is 5.10 Å². The van der Waals surface area contributed by atoms with Crippen LogP contribution in [0.3, 0.4) is 0 Å². The molecule has 2 aliphatic carbocycles. The van der Waals surface area contributed by atoms with Crippen molar-refractivity contribution in [2.75, 3.05) is 25.6 Å². The van der Waals surface area contributed by atoms with E-state index < -0.39 is 11.7 Å². The van der Waals surface area contributed by atoms with E-state index >= 15 is 0 Å². The summed E-state index contributed by atoms with van der Waals surface area (Å²) in [4.78, 5) is 28.4. The summed E-state index contributed by atoms with van der Waals surface area (Å²) in [6, 6.07) is 15.2. The van der Waals surface area contributed by atoms with Crippen LogP contribution < -0.4 is 15.0 Å². The van der Waals surface area contributed by atoms with E-state index in [0.717, 1.165) is 48.2 Å². The predicted molar refractivity (Wildman–Crippen MR) is 179 cm³/mol. The van der Waals surface area contributed by atoms with E-state index in [-0.39, 0.29) is 17.9 Å².